The van der Waals surface area contributed by atoms with Gasteiger partial charge in [-0.15, -0.1) is 11.3 Å². The van der Waals surface area contributed by atoms with E-state index in [-0.39, 0.29) is 11.4 Å². The molecule has 25 heavy (non-hydrogen) atoms. The summed E-state index contributed by atoms with van der Waals surface area (Å²) < 4.78 is 6.53. The van der Waals surface area contributed by atoms with Crippen molar-refractivity contribution in [3.8, 4) is 17.0 Å². The van der Waals surface area contributed by atoms with Gasteiger partial charge in [0.15, 0.2) is 5.13 Å². The minimum atomic E-state index is -0.540. The molecule has 0 unspecified atom stereocenters. The van der Waals surface area contributed by atoms with Crippen molar-refractivity contribution in [3.05, 3.63) is 57.7 Å². The molecule has 3 rings (SSSR count). The molecule has 2 heterocycles. The first-order valence-electron chi connectivity index (χ1n) is 7.20. The zero-order valence-electron chi connectivity index (χ0n) is 13.4. The minimum absolute atomic E-state index is 0.134. The Hall–Kier alpha value is -3.20. The summed E-state index contributed by atoms with van der Waals surface area (Å²) in [5.74, 6) is 0.295. The molecule has 128 valence electrons. The van der Waals surface area contributed by atoms with Crippen LogP contribution in [0, 0.1) is 10.1 Å². The molecular weight excluding hydrogens is 344 g/mol. The third-order valence-corrected chi connectivity index (χ3v) is 4.30. The number of ether oxygens (including phenoxy) is 1. The van der Waals surface area contributed by atoms with Crippen LogP contribution < -0.4 is 10.1 Å². The predicted molar refractivity (Wildman–Crippen MR) is 94.1 cm³/mol. The number of nitro groups is 1. The third-order valence-electron chi connectivity index (χ3n) is 3.54. The van der Waals surface area contributed by atoms with Crippen LogP contribution in [-0.4, -0.2) is 27.5 Å². The number of carbonyl (C=O) groups excluding carboxylic acids is 1. The van der Waals surface area contributed by atoms with Crippen LogP contribution in [0.25, 0.3) is 11.3 Å². The Labute approximate surface area is 146 Å². The second-order valence-corrected chi connectivity index (χ2v) is 6.03. The molecule has 1 N–H and O–H groups in total. The van der Waals surface area contributed by atoms with Gasteiger partial charge in [-0.3, -0.25) is 20.2 Å². The molecule has 0 spiro atoms. The van der Waals surface area contributed by atoms with Crippen LogP contribution in [-0.2, 0) is 7.05 Å². The number of amides is 1. The Morgan fingerprint density at radius 3 is 2.68 bits per heavy atom. The Balaban J connectivity index is 1.76. The number of hydrogen-bond acceptors (Lipinski definition) is 6. The van der Waals surface area contributed by atoms with E-state index < -0.39 is 10.8 Å². The van der Waals surface area contributed by atoms with Crippen molar-refractivity contribution in [2.45, 2.75) is 0 Å². The molecule has 1 aromatic carbocycles. The second-order valence-electron chi connectivity index (χ2n) is 5.17. The van der Waals surface area contributed by atoms with E-state index in [0.29, 0.717) is 5.13 Å². The van der Waals surface area contributed by atoms with Gasteiger partial charge in [0.05, 0.1) is 23.9 Å². The third kappa shape index (κ3) is 3.50. The number of carbonyl (C=O) groups is 1. The lowest BCUT2D eigenvalue weighted by molar-refractivity contribution is -0.384. The fraction of sp³-hybridized carbons (Fsp3) is 0.125. The molecule has 0 aliphatic carbocycles. The molecule has 0 saturated carbocycles. The molecule has 8 nitrogen and oxygen atoms in total. The van der Waals surface area contributed by atoms with Crippen LogP contribution in [0.1, 0.15) is 10.5 Å². The van der Waals surface area contributed by atoms with E-state index in [2.05, 4.69) is 10.3 Å². The lowest BCUT2D eigenvalue weighted by Crippen LogP contribution is -2.15. The zero-order valence-corrected chi connectivity index (χ0v) is 14.2. The van der Waals surface area contributed by atoms with Crippen molar-refractivity contribution < 1.29 is 14.5 Å². The van der Waals surface area contributed by atoms with Gasteiger partial charge >= 0.3 is 0 Å². The van der Waals surface area contributed by atoms with Gasteiger partial charge in [-0.05, 0) is 24.3 Å². The maximum absolute atomic E-state index is 12.3. The summed E-state index contributed by atoms with van der Waals surface area (Å²) in [5.41, 5.74) is 1.67. The normalized spacial score (nSPS) is 10.5. The first kappa shape index (κ1) is 16.7. The number of rotatable bonds is 5. The van der Waals surface area contributed by atoms with Gasteiger partial charge in [0.25, 0.3) is 11.6 Å². The number of hydrogen-bond donors (Lipinski definition) is 1. The van der Waals surface area contributed by atoms with Gasteiger partial charge < -0.3 is 9.30 Å². The molecule has 2 aromatic heterocycles. The van der Waals surface area contributed by atoms with Gasteiger partial charge in [-0.25, -0.2) is 4.98 Å². The van der Waals surface area contributed by atoms with E-state index in [0.717, 1.165) is 17.0 Å². The van der Waals surface area contributed by atoms with Crippen LogP contribution in [0.5, 0.6) is 5.75 Å². The Morgan fingerprint density at radius 1 is 1.36 bits per heavy atom. The molecule has 9 heteroatoms. The van der Waals surface area contributed by atoms with Crippen LogP contribution in [0.4, 0.5) is 10.8 Å². The van der Waals surface area contributed by atoms with Gasteiger partial charge in [0.2, 0.25) is 0 Å². The SMILES string of the molecule is COc1ccc(-c2csc(NC(=O)c3cc([N+](=O)[O-])cn3C)n2)cc1. The highest BCUT2D eigenvalue weighted by Gasteiger charge is 2.18. The van der Waals surface area contributed by atoms with Gasteiger partial charge in [-0.2, -0.15) is 0 Å². The highest BCUT2D eigenvalue weighted by Crippen LogP contribution is 2.27. The summed E-state index contributed by atoms with van der Waals surface area (Å²) in [4.78, 5) is 26.9. The fourth-order valence-electron chi connectivity index (χ4n) is 2.26. The smallest absolute Gasteiger partial charge is 0.287 e. The molecule has 0 fully saturated rings. The average Bonchev–Trinajstić information content (AvgIpc) is 3.21. The Bertz CT molecular complexity index is 930. The number of aryl methyl sites for hydroxylation is 1. The first-order chi connectivity index (χ1) is 12.0. The molecule has 0 saturated heterocycles. The fourth-order valence-corrected chi connectivity index (χ4v) is 2.97. The average molecular weight is 358 g/mol. The summed E-state index contributed by atoms with van der Waals surface area (Å²) in [6.45, 7) is 0. The molecule has 0 aliphatic rings. The second kappa shape index (κ2) is 6.73. The van der Waals surface area contributed by atoms with E-state index in [9.17, 15) is 14.9 Å². The number of nitrogens with one attached hydrogen (secondary N) is 1. The van der Waals surface area contributed by atoms with Crippen molar-refractivity contribution in [1.29, 1.82) is 0 Å². The largest absolute Gasteiger partial charge is 0.497 e. The summed E-state index contributed by atoms with van der Waals surface area (Å²) in [6.07, 6.45) is 1.29. The predicted octanol–water partition coefficient (Wildman–Crippen LogP) is 3.32. The number of nitrogens with zero attached hydrogens (tertiary/aromatic N) is 3. The van der Waals surface area contributed by atoms with E-state index in [1.807, 2.05) is 29.6 Å². The van der Waals surface area contributed by atoms with Crippen molar-refractivity contribution in [3.63, 3.8) is 0 Å². The standard InChI is InChI=1S/C16H14N4O4S/c1-19-8-11(20(22)23)7-14(19)15(21)18-16-17-13(9-25-16)10-3-5-12(24-2)6-4-10/h3-9H,1-2H3,(H,17,18,21). The Kier molecular flexibility index (Phi) is 4.48. The summed E-state index contributed by atoms with van der Waals surface area (Å²) in [5, 5.41) is 15.7. The van der Waals surface area contributed by atoms with E-state index in [1.165, 1.54) is 28.2 Å². The molecule has 3 aromatic rings. The maximum Gasteiger partial charge on any atom is 0.287 e. The summed E-state index contributed by atoms with van der Waals surface area (Å²) in [6, 6.07) is 8.64. The van der Waals surface area contributed by atoms with Gasteiger partial charge in [0.1, 0.15) is 11.4 Å². The number of thiazole rings is 1. The van der Waals surface area contributed by atoms with Crippen molar-refractivity contribution in [1.82, 2.24) is 9.55 Å². The summed E-state index contributed by atoms with van der Waals surface area (Å²) in [7, 11) is 3.17. The van der Waals surface area contributed by atoms with Crippen LogP contribution in [0.2, 0.25) is 0 Å². The zero-order chi connectivity index (χ0) is 18.0. The topological polar surface area (TPSA) is 99.3 Å². The van der Waals surface area contributed by atoms with E-state index >= 15 is 0 Å². The highest BCUT2D eigenvalue weighted by molar-refractivity contribution is 7.14. The highest BCUT2D eigenvalue weighted by atomic mass is 32.1. The molecule has 0 atom stereocenters. The molecule has 1 amide bonds. The van der Waals surface area contributed by atoms with Gasteiger partial charge in [0, 0.05) is 24.1 Å². The first-order valence-corrected chi connectivity index (χ1v) is 8.08. The van der Waals surface area contributed by atoms with Crippen molar-refractivity contribution >= 4 is 28.1 Å². The van der Waals surface area contributed by atoms with E-state index in [1.54, 1.807) is 14.2 Å². The molecule has 0 radical (unpaired) electrons. The number of methoxy groups -OCH3 is 1. The number of aromatic nitrogens is 2. The lowest BCUT2D eigenvalue weighted by Gasteiger charge is -2.02. The van der Waals surface area contributed by atoms with Gasteiger partial charge in [-0.1, -0.05) is 0 Å². The van der Waals surface area contributed by atoms with Crippen LogP contribution >= 0.6 is 11.3 Å². The van der Waals surface area contributed by atoms with Crippen molar-refractivity contribution in [2.24, 2.45) is 7.05 Å². The molecule has 0 aliphatic heterocycles. The quantitative estimate of drug-likeness (QED) is 0.557. The maximum atomic E-state index is 12.3. The minimum Gasteiger partial charge on any atom is -0.497 e. The van der Waals surface area contributed by atoms with Crippen LogP contribution in [0.3, 0.4) is 0 Å². The lowest BCUT2D eigenvalue weighted by atomic mass is 10.2. The number of benzene rings is 1. The molecular formula is C16H14N4O4S. The van der Waals surface area contributed by atoms with Crippen LogP contribution in [0.15, 0.2) is 41.9 Å². The number of anilines is 1. The van der Waals surface area contributed by atoms with E-state index in [4.69, 9.17) is 4.74 Å². The van der Waals surface area contributed by atoms with Crippen molar-refractivity contribution in [2.75, 3.05) is 12.4 Å². The Morgan fingerprint density at radius 2 is 2.08 bits per heavy atom. The summed E-state index contributed by atoms with van der Waals surface area (Å²) >= 11 is 1.28. The molecule has 0 bridgehead atoms. The monoisotopic (exact) mass is 358 g/mol.